The number of thiocarbonyl (C=S) groups is 1. The Balaban J connectivity index is 1.73. The van der Waals surface area contributed by atoms with Crippen molar-refractivity contribution in [1.82, 2.24) is 25.1 Å². The number of carbonyl (C=O) groups excluding carboxylic acids is 1. The summed E-state index contributed by atoms with van der Waals surface area (Å²) in [6.07, 6.45) is 3.47. The number of anilines is 1. The lowest BCUT2D eigenvalue weighted by Gasteiger charge is -2.12. The monoisotopic (exact) mass is 388 g/mol. The van der Waals surface area contributed by atoms with Gasteiger partial charge in [-0.3, -0.25) is 4.79 Å². The average Bonchev–Trinajstić information content (AvgIpc) is 3.18. The van der Waals surface area contributed by atoms with Crippen LogP contribution in [0.3, 0.4) is 0 Å². The van der Waals surface area contributed by atoms with E-state index in [0.29, 0.717) is 6.42 Å². The summed E-state index contributed by atoms with van der Waals surface area (Å²) in [4.78, 5) is 12.7. The van der Waals surface area contributed by atoms with Crippen molar-refractivity contribution in [2.75, 3.05) is 5.32 Å². The normalized spacial score (nSPS) is 10.8. The molecule has 0 unspecified atom stereocenters. The van der Waals surface area contributed by atoms with E-state index in [0.717, 1.165) is 46.3 Å². The Hall–Kier alpha value is -2.39. The molecule has 9 heteroatoms. The molecule has 0 bridgehead atoms. The molecule has 3 aromatic rings. The van der Waals surface area contributed by atoms with E-state index in [-0.39, 0.29) is 11.0 Å². The summed E-state index contributed by atoms with van der Waals surface area (Å²) in [5.74, 6) is 0.672. The molecular weight excluding hydrogens is 368 g/mol. The van der Waals surface area contributed by atoms with Gasteiger partial charge in [-0.05, 0) is 37.7 Å². The predicted molar refractivity (Wildman–Crippen MR) is 107 cm³/mol. The van der Waals surface area contributed by atoms with Gasteiger partial charge in [0.15, 0.2) is 10.9 Å². The first-order chi connectivity index (χ1) is 12.6. The average molecular weight is 389 g/mol. The van der Waals surface area contributed by atoms with Crippen LogP contribution in [0.1, 0.15) is 38.4 Å². The van der Waals surface area contributed by atoms with Crippen molar-refractivity contribution in [3.05, 3.63) is 30.1 Å². The van der Waals surface area contributed by atoms with E-state index in [2.05, 4.69) is 32.9 Å². The van der Waals surface area contributed by atoms with Crippen molar-refractivity contribution in [1.29, 1.82) is 0 Å². The molecule has 1 amide bonds. The first-order valence-electron chi connectivity index (χ1n) is 8.47. The maximum Gasteiger partial charge on any atom is 0.234 e. The number of nitrogens with one attached hydrogen (secondary N) is 2. The second kappa shape index (κ2) is 8.33. The van der Waals surface area contributed by atoms with E-state index in [1.807, 2.05) is 31.2 Å². The Morgan fingerprint density at radius 1 is 1.27 bits per heavy atom. The second-order valence-electron chi connectivity index (χ2n) is 5.85. The second-order valence-corrected chi connectivity index (χ2v) is 7.22. The molecule has 0 saturated carbocycles. The third kappa shape index (κ3) is 4.23. The molecule has 136 valence electrons. The van der Waals surface area contributed by atoms with Gasteiger partial charge in [0.25, 0.3) is 0 Å². The van der Waals surface area contributed by atoms with Crippen molar-refractivity contribution >= 4 is 45.2 Å². The molecule has 2 N–H and O–H groups in total. The lowest BCUT2D eigenvalue weighted by molar-refractivity contribution is -0.119. The van der Waals surface area contributed by atoms with Gasteiger partial charge in [0.2, 0.25) is 10.9 Å². The highest BCUT2D eigenvalue weighted by atomic mass is 32.1. The summed E-state index contributed by atoms with van der Waals surface area (Å²) < 4.78 is 1.71. The fraction of sp³-hybridized carbons (Fsp3) is 0.353. The van der Waals surface area contributed by atoms with Gasteiger partial charge in [-0.15, -0.1) is 10.2 Å². The van der Waals surface area contributed by atoms with Gasteiger partial charge in [0.1, 0.15) is 5.01 Å². The minimum atomic E-state index is -0.0668. The van der Waals surface area contributed by atoms with Gasteiger partial charge in [-0.25, -0.2) is 0 Å². The number of aryl methyl sites for hydroxylation is 1. The number of hydrogen-bond donors (Lipinski definition) is 2. The van der Waals surface area contributed by atoms with Crippen LogP contribution >= 0.6 is 23.6 Å². The minimum Gasteiger partial charge on any atom is -0.332 e. The first kappa shape index (κ1) is 18.4. The van der Waals surface area contributed by atoms with Crippen molar-refractivity contribution in [2.24, 2.45) is 0 Å². The maximum absolute atomic E-state index is 11.9. The fourth-order valence-corrected chi connectivity index (χ4v) is 3.63. The van der Waals surface area contributed by atoms with Gasteiger partial charge >= 0.3 is 0 Å². The highest BCUT2D eigenvalue weighted by Gasteiger charge is 2.14. The summed E-state index contributed by atoms with van der Waals surface area (Å²) >= 11 is 6.73. The SMILES string of the molecule is CCCCCC(=O)NC(=S)Nc1ccccc1-c1nn2c(C)nnc2s1. The quantitative estimate of drug-likeness (QED) is 0.496. The predicted octanol–water partition coefficient (Wildman–Crippen LogP) is 3.55. The summed E-state index contributed by atoms with van der Waals surface area (Å²) in [5, 5.41) is 19.6. The van der Waals surface area contributed by atoms with Gasteiger partial charge in [0.05, 0.1) is 5.69 Å². The zero-order chi connectivity index (χ0) is 18.5. The molecule has 0 saturated heterocycles. The van der Waals surface area contributed by atoms with Crippen LogP contribution in [-0.2, 0) is 4.79 Å². The van der Waals surface area contributed by atoms with Gasteiger partial charge in [-0.1, -0.05) is 43.2 Å². The van der Waals surface area contributed by atoms with Crippen LogP contribution in [0.2, 0.25) is 0 Å². The number of para-hydroxylation sites is 1. The lowest BCUT2D eigenvalue weighted by atomic mass is 10.2. The molecule has 0 fully saturated rings. The number of benzene rings is 1. The number of aromatic nitrogens is 4. The fourth-order valence-electron chi connectivity index (χ4n) is 2.48. The van der Waals surface area contributed by atoms with E-state index in [1.54, 1.807) is 4.52 Å². The highest BCUT2D eigenvalue weighted by molar-refractivity contribution is 7.80. The van der Waals surface area contributed by atoms with E-state index in [9.17, 15) is 4.79 Å². The number of hydrogen-bond acceptors (Lipinski definition) is 6. The largest absolute Gasteiger partial charge is 0.332 e. The van der Waals surface area contributed by atoms with E-state index < -0.39 is 0 Å². The molecular formula is C17H20N6OS2. The molecule has 0 aliphatic heterocycles. The summed E-state index contributed by atoms with van der Waals surface area (Å²) in [6.45, 7) is 3.96. The molecule has 7 nitrogen and oxygen atoms in total. The number of carbonyl (C=O) groups is 1. The van der Waals surface area contributed by atoms with Crippen molar-refractivity contribution < 1.29 is 4.79 Å². The van der Waals surface area contributed by atoms with Gasteiger partial charge < -0.3 is 10.6 Å². The zero-order valence-corrected chi connectivity index (χ0v) is 16.3. The molecule has 0 aliphatic carbocycles. The van der Waals surface area contributed by atoms with Gasteiger partial charge in [-0.2, -0.15) is 9.61 Å². The van der Waals surface area contributed by atoms with Crippen LogP contribution in [-0.4, -0.2) is 30.8 Å². The number of amides is 1. The summed E-state index contributed by atoms with van der Waals surface area (Å²) in [5.41, 5.74) is 1.68. The standard InChI is InChI=1S/C17H20N6OS2/c1-3-4-5-10-14(24)19-16(25)18-13-9-7-6-8-12(13)15-22-23-11(2)20-21-17(23)26-15/h6-9H,3-5,10H2,1-2H3,(H2,18,19,24,25). The molecule has 2 aromatic heterocycles. The summed E-state index contributed by atoms with van der Waals surface area (Å²) in [7, 11) is 0. The Kier molecular flexibility index (Phi) is 5.89. The molecule has 2 heterocycles. The Morgan fingerprint density at radius 2 is 2.08 bits per heavy atom. The van der Waals surface area contributed by atoms with Crippen molar-refractivity contribution in [2.45, 2.75) is 39.5 Å². The molecule has 0 aliphatic rings. The Labute approximate surface area is 160 Å². The molecule has 3 rings (SSSR count). The number of fused-ring (bicyclic) bond motifs is 1. The molecule has 0 spiro atoms. The number of nitrogens with zero attached hydrogens (tertiary/aromatic N) is 4. The van der Waals surface area contributed by atoms with Crippen LogP contribution in [0.5, 0.6) is 0 Å². The van der Waals surface area contributed by atoms with Crippen LogP contribution in [0.4, 0.5) is 5.69 Å². The van der Waals surface area contributed by atoms with E-state index >= 15 is 0 Å². The minimum absolute atomic E-state index is 0.0668. The third-order valence-electron chi connectivity index (χ3n) is 3.81. The molecule has 26 heavy (non-hydrogen) atoms. The molecule has 1 aromatic carbocycles. The van der Waals surface area contributed by atoms with Crippen LogP contribution in [0, 0.1) is 6.92 Å². The lowest BCUT2D eigenvalue weighted by Crippen LogP contribution is -2.34. The van der Waals surface area contributed by atoms with Crippen molar-refractivity contribution in [3.63, 3.8) is 0 Å². The first-order valence-corrected chi connectivity index (χ1v) is 9.70. The number of unbranched alkanes of at least 4 members (excludes halogenated alkanes) is 2. The summed E-state index contributed by atoms with van der Waals surface area (Å²) in [6, 6.07) is 7.69. The van der Waals surface area contributed by atoms with Crippen LogP contribution < -0.4 is 10.6 Å². The van der Waals surface area contributed by atoms with Crippen LogP contribution in [0.15, 0.2) is 24.3 Å². The Morgan fingerprint density at radius 3 is 2.85 bits per heavy atom. The Bertz CT molecular complexity index is 932. The van der Waals surface area contributed by atoms with E-state index in [1.165, 1.54) is 11.3 Å². The number of rotatable bonds is 6. The molecule has 0 atom stereocenters. The topological polar surface area (TPSA) is 84.2 Å². The van der Waals surface area contributed by atoms with E-state index in [4.69, 9.17) is 12.2 Å². The van der Waals surface area contributed by atoms with Gasteiger partial charge in [0, 0.05) is 12.0 Å². The smallest absolute Gasteiger partial charge is 0.234 e. The van der Waals surface area contributed by atoms with Crippen molar-refractivity contribution in [3.8, 4) is 10.6 Å². The maximum atomic E-state index is 11.9. The zero-order valence-electron chi connectivity index (χ0n) is 14.7. The third-order valence-corrected chi connectivity index (χ3v) is 4.95. The van der Waals surface area contributed by atoms with Crippen LogP contribution in [0.25, 0.3) is 15.5 Å². The highest BCUT2D eigenvalue weighted by Crippen LogP contribution is 2.31. The molecule has 0 radical (unpaired) electrons.